The largest absolute Gasteiger partial charge is 0.294 e. The number of imide groups is 1. The zero-order chi connectivity index (χ0) is 21.3. The highest BCUT2D eigenvalue weighted by Gasteiger charge is 2.35. The van der Waals surface area contributed by atoms with E-state index in [4.69, 9.17) is 0 Å². The second-order valence-corrected chi connectivity index (χ2v) is 7.17. The van der Waals surface area contributed by atoms with Crippen LogP contribution in [0.1, 0.15) is 22.6 Å². The first-order valence-corrected chi connectivity index (χ1v) is 9.59. The summed E-state index contributed by atoms with van der Waals surface area (Å²) in [4.78, 5) is 51.8. The molecular weight excluding hydrogens is 390 g/mol. The molecular formula is C19H21N7O4. The number of carbonyl (C=O) groups excluding carboxylic acids is 4. The molecule has 1 aromatic heterocycles. The summed E-state index contributed by atoms with van der Waals surface area (Å²) in [6.45, 7) is 2.25. The zero-order valence-corrected chi connectivity index (χ0v) is 16.4. The van der Waals surface area contributed by atoms with Crippen LogP contribution in [0, 0.1) is 6.92 Å². The van der Waals surface area contributed by atoms with Crippen molar-refractivity contribution in [2.24, 2.45) is 0 Å². The fourth-order valence-electron chi connectivity index (χ4n) is 3.54. The number of carbonyl (C=O) groups is 4. The van der Waals surface area contributed by atoms with Gasteiger partial charge in [-0.3, -0.25) is 34.4 Å². The van der Waals surface area contributed by atoms with Gasteiger partial charge in [0.05, 0.1) is 31.0 Å². The number of hydrogen-bond acceptors (Lipinski definition) is 7. The van der Waals surface area contributed by atoms with Gasteiger partial charge in [-0.15, -0.1) is 5.10 Å². The molecule has 30 heavy (non-hydrogen) atoms. The average Bonchev–Trinajstić information content (AvgIpc) is 3.34. The van der Waals surface area contributed by atoms with E-state index in [1.807, 2.05) is 30.3 Å². The third kappa shape index (κ3) is 3.92. The lowest BCUT2D eigenvalue weighted by Crippen LogP contribution is -2.55. The van der Waals surface area contributed by atoms with Crippen LogP contribution in [0.5, 0.6) is 0 Å². The summed E-state index contributed by atoms with van der Waals surface area (Å²) in [5, 5.41) is 13.6. The van der Waals surface area contributed by atoms with Crippen LogP contribution in [-0.4, -0.2) is 86.3 Å². The number of nitrogens with one attached hydrogen (secondary N) is 1. The van der Waals surface area contributed by atoms with Crippen LogP contribution in [0.15, 0.2) is 30.3 Å². The monoisotopic (exact) mass is 411 g/mol. The highest BCUT2D eigenvalue weighted by Crippen LogP contribution is 2.17. The Labute approximate surface area is 172 Å². The molecule has 1 N–H and O–H groups in total. The molecule has 11 nitrogen and oxygen atoms in total. The molecule has 2 aromatic rings. The topological polar surface area (TPSA) is 121 Å². The maximum absolute atomic E-state index is 13.1. The molecule has 2 saturated heterocycles. The van der Waals surface area contributed by atoms with Gasteiger partial charge in [0.25, 0.3) is 11.8 Å². The second kappa shape index (κ2) is 8.03. The third-order valence-electron chi connectivity index (χ3n) is 4.90. The fraction of sp³-hybridized carbons (Fsp3) is 0.368. The summed E-state index contributed by atoms with van der Waals surface area (Å²) in [5.74, 6) is -1.65. The number of amides is 4. The molecule has 11 heteroatoms. The summed E-state index contributed by atoms with van der Waals surface area (Å²) < 4.78 is 0. The van der Waals surface area contributed by atoms with Gasteiger partial charge in [0.2, 0.25) is 11.8 Å². The van der Waals surface area contributed by atoms with Crippen molar-refractivity contribution in [3.63, 3.8) is 0 Å². The molecule has 0 saturated carbocycles. The Bertz CT molecular complexity index is 988. The smallest absolute Gasteiger partial charge is 0.294 e. The summed E-state index contributed by atoms with van der Waals surface area (Å²) in [6.07, 6.45) is 0.628. The molecule has 2 fully saturated rings. The molecule has 1 aromatic carbocycles. The first-order valence-electron chi connectivity index (χ1n) is 9.59. The van der Waals surface area contributed by atoms with Crippen molar-refractivity contribution in [2.45, 2.75) is 13.3 Å². The van der Waals surface area contributed by atoms with E-state index in [0.717, 1.165) is 5.69 Å². The minimum absolute atomic E-state index is 0.0379. The van der Waals surface area contributed by atoms with Crippen molar-refractivity contribution in [1.29, 1.82) is 0 Å². The lowest BCUT2D eigenvalue weighted by Gasteiger charge is -2.30. The van der Waals surface area contributed by atoms with Crippen molar-refractivity contribution in [2.75, 3.05) is 32.7 Å². The highest BCUT2D eigenvalue weighted by molar-refractivity contribution is 6.00. The molecule has 4 rings (SSSR count). The van der Waals surface area contributed by atoms with Gasteiger partial charge in [-0.1, -0.05) is 18.2 Å². The lowest BCUT2D eigenvalue weighted by molar-refractivity contribution is -0.144. The third-order valence-corrected chi connectivity index (χ3v) is 4.90. The van der Waals surface area contributed by atoms with E-state index < -0.39 is 17.7 Å². The molecule has 4 amide bonds. The van der Waals surface area contributed by atoms with Gasteiger partial charge < -0.3 is 0 Å². The van der Waals surface area contributed by atoms with Crippen LogP contribution < -0.4 is 5.32 Å². The van der Waals surface area contributed by atoms with E-state index in [2.05, 4.69) is 15.5 Å². The molecule has 2 aliphatic heterocycles. The average molecular weight is 411 g/mol. The number of rotatable bonds is 4. The van der Waals surface area contributed by atoms with E-state index in [-0.39, 0.29) is 31.2 Å². The van der Waals surface area contributed by atoms with Gasteiger partial charge in [-0.2, -0.15) is 9.90 Å². The molecule has 0 unspecified atom stereocenters. The zero-order valence-electron chi connectivity index (χ0n) is 16.4. The van der Waals surface area contributed by atoms with Crippen molar-refractivity contribution >= 4 is 23.6 Å². The van der Waals surface area contributed by atoms with Gasteiger partial charge in [-0.05, 0) is 25.5 Å². The predicted molar refractivity (Wildman–Crippen MR) is 103 cm³/mol. The minimum atomic E-state index is -0.443. The molecule has 2 aliphatic rings. The SMILES string of the molecule is Cc1nn(-c2ccccc2)nc1C(=O)N1CCCN1C(=O)CN1CC(=O)NC(=O)C1. The van der Waals surface area contributed by atoms with Crippen LogP contribution in [0.3, 0.4) is 0 Å². The molecule has 0 bridgehead atoms. The molecule has 0 spiro atoms. The Morgan fingerprint density at radius 3 is 2.37 bits per heavy atom. The number of benzene rings is 1. The lowest BCUT2D eigenvalue weighted by atomic mass is 10.3. The number of para-hydroxylation sites is 1. The highest BCUT2D eigenvalue weighted by atomic mass is 16.2. The van der Waals surface area contributed by atoms with Crippen molar-refractivity contribution < 1.29 is 19.2 Å². The summed E-state index contributed by atoms with van der Waals surface area (Å²) in [6, 6.07) is 9.23. The second-order valence-electron chi connectivity index (χ2n) is 7.17. The van der Waals surface area contributed by atoms with Crippen LogP contribution in [0.4, 0.5) is 0 Å². The number of piperazine rings is 1. The molecule has 156 valence electrons. The first-order chi connectivity index (χ1) is 14.4. The summed E-state index contributed by atoms with van der Waals surface area (Å²) in [7, 11) is 0. The van der Waals surface area contributed by atoms with E-state index in [9.17, 15) is 19.2 Å². The van der Waals surface area contributed by atoms with E-state index in [1.54, 1.807) is 6.92 Å². The Morgan fingerprint density at radius 2 is 1.67 bits per heavy atom. The van der Waals surface area contributed by atoms with Gasteiger partial charge in [0, 0.05) is 13.1 Å². The van der Waals surface area contributed by atoms with Gasteiger partial charge in [-0.25, -0.2) is 5.01 Å². The Balaban J connectivity index is 1.49. The van der Waals surface area contributed by atoms with Crippen LogP contribution >= 0.6 is 0 Å². The predicted octanol–water partition coefficient (Wildman–Crippen LogP) is -0.876. The number of hydrogen-bond donors (Lipinski definition) is 1. The van der Waals surface area contributed by atoms with Crippen LogP contribution in [-0.2, 0) is 14.4 Å². The summed E-state index contributed by atoms with van der Waals surface area (Å²) >= 11 is 0. The quantitative estimate of drug-likeness (QED) is 0.649. The standard InChI is InChI=1S/C19H21N7O4/c1-13-18(22-26(21-13)14-6-3-2-4-7-14)19(30)25-9-5-8-24(25)17(29)12-23-10-15(27)20-16(28)11-23/h2-4,6-7H,5,8-12H2,1H3,(H,20,27,28). The molecule has 0 atom stereocenters. The number of aryl methyl sites for hydroxylation is 1. The van der Waals surface area contributed by atoms with Crippen LogP contribution in [0.2, 0.25) is 0 Å². The van der Waals surface area contributed by atoms with E-state index in [1.165, 1.54) is 19.7 Å². The molecule has 3 heterocycles. The normalized spacial score (nSPS) is 17.4. The Kier molecular flexibility index (Phi) is 5.27. The van der Waals surface area contributed by atoms with E-state index in [0.29, 0.717) is 25.2 Å². The van der Waals surface area contributed by atoms with Gasteiger partial charge in [0.1, 0.15) is 0 Å². The van der Waals surface area contributed by atoms with Gasteiger partial charge >= 0.3 is 0 Å². The Morgan fingerprint density at radius 1 is 1.00 bits per heavy atom. The fourth-order valence-corrected chi connectivity index (χ4v) is 3.54. The number of aromatic nitrogens is 3. The van der Waals surface area contributed by atoms with Crippen molar-refractivity contribution in [3.8, 4) is 5.69 Å². The maximum Gasteiger partial charge on any atom is 0.294 e. The van der Waals surface area contributed by atoms with Gasteiger partial charge in [0.15, 0.2) is 5.69 Å². The van der Waals surface area contributed by atoms with Crippen molar-refractivity contribution in [1.82, 2.24) is 35.2 Å². The maximum atomic E-state index is 13.1. The van der Waals surface area contributed by atoms with E-state index >= 15 is 0 Å². The van der Waals surface area contributed by atoms with Crippen molar-refractivity contribution in [3.05, 3.63) is 41.7 Å². The van der Waals surface area contributed by atoms with Crippen LogP contribution in [0.25, 0.3) is 5.69 Å². The number of hydrazine groups is 1. The molecule has 0 radical (unpaired) electrons. The molecule has 0 aliphatic carbocycles. The minimum Gasteiger partial charge on any atom is -0.294 e. The number of nitrogens with zero attached hydrogens (tertiary/aromatic N) is 6. The summed E-state index contributed by atoms with van der Waals surface area (Å²) in [5.41, 5.74) is 1.36. The first kappa shape index (κ1) is 19.7. The Hall–Kier alpha value is -3.60.